The molecule has 1 aliphatic heterocycles. The lowest BCUT2D eigenvalue weighted by Gasteiger charge is -2.47. The summed E-state index contributed by atoms with van der Waals surface area (Å²) in [6.45, 7) is 11.4. The number of amides is 3. The SMILES string of the molecule is Cc1ccc(C(=O)NC(C(=O)NC(Cc2ccccc2)C(O)CN2CC3CCCCC3CC2C(=O)NC(C)(C)C)C(C)(C)S(C)(=O)=O)cc1. The topological polar surface area (TPSA) is 145 Å². The number of hydrogen-bond acceptors (Lipinski definition) is 7. The molecule has 4 N–H and O–H groups in total. The summed E-state index contributed by atoms with van der Waals surface area (Å²) in [5.74, 6) is -0.488. The number of carbonyl (C=O) groups is 3. The van der Waals surface area contributed by atoms with Gasteiger partial charge < -0.3 is 21.1 Å². The maximum absolute atomic E-state index is 14.2. The molecule has 3 amide bonds. The molecule has 0 spiro atoms. The second-order valence-corrected chi connectivity index (χ2v) is 18.4. The monoisotopic (exact) mass is 696 g/mol. The van der Waals surface area contributed by atoms with Gasteiger partial charge in [-0.1, -0.05) is 67.3 Å². The molecule has 2 aromatic carbocycles. The average molecular weight is 697 g/mol. The van der Waals surface area contributed by atoms with E-state index in [2.05, 4.69) is 20.9 Å². The van der Waals surface area contributed by atoms with Crippen molar-refractivity contribution >= 4 is 27.6 Å². The smallest absolute Gasteiger partial charge is 0.251 e. The van der Waals surface area contributed by atoms with E-state index in [0.717, 1.165) is 43.1 Å². The number of aliphatic hydroxyl groups excluding tert-OH is 1. The zero-order valence-electron chi connectivity index (χ0n) is 30.2. The van der Waals surface area contributed by atoms with Crippen LogP contribution in [0.2, 0.25) is 0 Å². The van der Waals surface area contributed by atoms with Gasteiger partial charge in [0.15, 0.2) is 9.84 Å². The summed E-state index contributed by atoms with van der Waals surface area (Å²) < 4.78 is 24.4. The van der Waals surface area contributed by atoms with E-state index in [9.17, 15) is 27.9 Å². The summed E-state index contributed by atoms with van der Waals surface area (Å²) in [5.41, 5.74) is 1.69. The minimum absolute atomic E-state index is 0.0684. The van der Waals surface area contributed by atoms with Gasteiger partial charge in [0.1, 0.15) is 6.04 Å². The molecule has 49 heavy (non-hydrogen) atoms. The third-order valence-electron chi connectivity index (χ3n) is 10.3. The van der Waals surface area contributed by atoms with Crippen LogP contribution in [0.4, 0.5) is 0 Å². The van der Waals surface area contributed by atoms with Gasteiger partial charge in [0, 0.05) is 30.4 Å². The number of nitrogens with one attached hydrogen (secondary N) is 3. The van der Waals surface area contributed by atoms with Crippen LogP contribution in [-0.4, -0.2) is 90.0 Å². The number of aliphatic hydroxyl groups is 1. The van der Waals surface area contributed by atoms with Crippen LogP contribution in [0.15, 0.2) is 54.6 Å². The number of piperidine rings is 1. The van der Waals surface area contributed by atoms with Crippen molar-refractivity contribution in [1.82, 2.24) is 20.9 Å². The maximum Gasteiger partial charge on any atom is 0.251 e. The normalized spacial score (nSPS) is 22.2. The second-order valence-electron chi connectivity index (χ2n) is 15.8. The second kappa shape index (κ2) is 15.7. The average Bonchev–Trinajstić information content (AvgIpc) is 3.02. The van der Waals surface area contributed by atoms with Crippen molar-refractivity contribution < 1.29 is 27.9 Å². The van der Waals surface area contributed by atoms with Gasteiger partial charge in [-0.2, -0.15) is 0 Å². The van der Waals surface area contributed by atoms with Crippen LogP contribution >= 0.6 is 0 Å². The molecule has 1 saturated carbocycles. The summed E-state index contributed by atoms with van der Waals surface area (Å²) in [6.07, 6.45) is 5.39. The lowest BCUT2D eigenvalue weighted by Crippen LogP contribution is -2.64. The van der Waals surface area contributed by atoms with Gasteiger partial charge in [0.05, 0.1) is 22.9 Å². The van der Waals surface area contributed by atoms with Crippen molar-refractivity contribution in [2.45, 2.75) is 115 Å². The lowest BCUT2D eigenvalue weighted by molar-refractivity contribution is -0.133. The molecule has 1 saturated heterocycles. The van der Waals surface area contributed by atoms with E-state index in [4.69, 9.17) is 0 Å². The first-order valence-electron chi connectivity index (χ1n) is 17.5. The number of sulfone groups is 1. The van der Waals surface area contributed by atoms with Crippen molar-refractivity contribution in [1.29, 1.82) is 0 Å². The number of hydrogen-bond donors (Lipinski definition) is 4. The van der Waals surface area contributed by atoms with Crippen LogP contribution < -0.4 is 16.0 Å². The number of carbonyl (C=O) groups excluding carboxylic acids is 3. The Bertz CT molecular complexity index is 1550. The van der Waals surface area contributed by atoms with E-state index in [1.165, 1.54) is 13.8 Å². The van der Waals surface area contributed by atoms with Gasteiger partial charge in [0.2, 0.25) is 11.8 Å². The van der Waals surface area contributed by atoms with E-state index < -0.39 is 56.2 Å². The van der Waals surface area contributed by atoms with Crippen molar-refractivity contribution in [3.05, 3.63) is 71.3 Å². The highest BCUT2D eigenvalue weighted by molar-refractivity contribution is 7.92. The molecular weight excluding hydrogens is 641 g/mol. The maximum atomic E-state index is 14.2. The first-order chi connectivity index (χ1) is 22.9. The fraction of sp³-hybridized carbons (Fsp3) is 0.605. The molecule has 2 aromatic rings. The molecule has 0 aromatic heterocycles. The van der Waals surface area contributed by atoms with E-state index in [-0.39, 0.29) is 18.9 Å². The van der Waals surface area contributed by atoms with Gasteiger partial charge in [-0.15, -0.1) is 0 Å². The molecule has 10 nitrogen and oxygen atoms in total. The Kier molecular flexibility index (Phi) is 12.4. The van der Waals surface area contributed by atoms with Crippen LogP contribution in [0.25, 0.3) is 0 Å². The first kappa shape index (κ1) is 38.5. The van der Waals surface area contributed by atoms with Gasteiger partial charge in [-0.3, -0.25) is 19.3 Å². The molecule has 1 heterocycles. The van der Waals surface area contributed by atoms with E-state index in [1.807, 2.05) is 58.0 Å². The Labute approximate surface area is 292 Å². The predicted octanol–water partition coefficient (Wildman–Crippen LogP) is 3.80. The third kappa shape index (κ3) is 10.1. The van der Waals surface area contributed by atoms with Gasteiger partial charge in [0.25, 0.3) is 5.91 Å². The Balaban J connectivity index is 1.63. The fourth-order valence-electron chi connectivity index (χ4n) is 7.10. The van der Waals surface area contributed by atoms with Crippen molar-refractivity contribution in [3.63, 3.8) is 0 Å². The number of likely N-dealkylation sites (tertiary alicyclic amines) is 1. The molecule has 2 fully saturated rings. The summed E-state index contributed by atoms with van der Waals surface area (Å²) in [4.78, 5) is 43.3. The predicted molar refractivity (Wildman–Crippen MR) is 193 cm³/mol. The summed E-state index contributed by atoms with van der Waals surface area (Å²) in [5, 5.41) is 20.7. The van der Waals surface area contributed by atoms with Crippen LogP contribution in [0.1, 0.15) is 88.2 Å². The van der Waals surface area contributed by atoms with Gasteiger partial charge in [-0.05, 0) is 90.3 Å². The quantitative estimate of drug-likeness (QED) is 0.264. The minimum Gasteiger partial charge on any atom is -0.390 e. The zero-order chi connectivity index (χ0) is 36.1. The van der Waals surface area contributed by atoms with E-state index >= 15 is 0 Å². The molecular formula is C38H56N4O6S. The fourth-order valence-corrected chi connectivity index (χ4v) is 7.69. The van der Waals surface area contributed by atoms with Crippen LogP contribution in [0.3, 0.4) is 0 Å². The molecule has 1 aliphatic carbocycles. The number of rotatable bonds is 12. The first-order valence-corrected chi connectivity index (χ1v) is 19.4. The number of fused-ring (bicyclic) bond motifs is 1. The summed E-state index contributed by atoms with van der Waals surface area (Å²) in [6, 6.07) is 13.5. The van der Waals surface area contributed by atoms with Crippen LogP contribution in [0.5, 0.6) is 0 Å². The summed E-state index contributed by atoms with van der Waals surface area (Å²) >= 11 is 0. The molecule has 6 atom stereocenters. The number of aryl methyl sites for hydroxylation is 1. The van der Waals surface area contributed by atoms with Gasteiger partial charge >= 0.3 is 0 Å². The molecule has 4 rings (SSSR count). The highest BCUT2D eigenvalue weighted by Crippen LogP contribution is 2.39. The Morgan fingerprint density at radius 3 is 2.12 bits per heavy atom. The molecule has 6 unspecified atom stereocenters. The molecule has 11 heteroatoms. The standard InChI is InChI=1S/C38H56N4O6S/c1-25-17-19-27(20-18-25)34(44)40-33(38(5,6)49(7,47)48)36(46)39-30(21-26-13-9-8-10-14-26)32(43)24-42-23-29-16-12-11-15-28(29)22-31(42)35(45)41-37(2,3)4/h8-10,13-14,17-20,28-33,43H,11-12,15-16,21-24H2,1-7H3,(H,39,46)(H,40,44)(H,41,45). The summed E-state index contributed by atoms with van der Waals surface area (Å²) in [7, 11) is -3.85. The Morgan fingerprint density at radius 2 is 1.53 bits per heavy atom. The van der Waals surface area contributed by atoms with Gasteiger partial charge in [-0.25, -0.2) is 8.42 Å². The molecule has 2 aliphatic rings. The zero-order valence-corrected chi connectivity index (χ0v) is 31.0. The minimum atomic E-state index is -3.85. The lowest BCUT2D eigenvalue weighted by atomic mass is 9.72. The Hall–Kier alpha value is -3.28. The Morgan fingerprint density at radius 1 is 0.918 bits per heavy atom. The highest BCUT2D eigenvalue weighted by atomic mass is 32.2. The number of benzene rings is 2. The van der Waals surface area contributed by atoms with E-state index in [0.29, 0.717) is 30.4 Å². The molecule has 270 valence electrons. The number of β-amino-alcohol motifs (C(OH)–C–C–N with tert-alkyl or cyclic N) is 1. The van der Waals surface area contributed by atoms with Crippen molar-refractivity contribution in [2.75, 3.05) is 19.3 Å². The van der Waals surface area contributed by atoms with E-state index in [1.54, 1.807) is 24.3 Å². The van der Waals surface area contributed by atoms with Crippen LogP contribution in [-0.2, 0) is 25.8 Å². The highest BCUT2D eigenvalue weighted by Gasteiger charge is 2.46. The molecule has 0 radical (unpaired) electrons. The van der Waals surface area contributed by atoms with Crippen LogP contribution in [0, 0.1) is 18.8 Å². The number of nitrogens with zero attached hydrogens (tertiary/aromatic N) is 1. The van der Waals surface area contributed by atoms with Crippen molar-refractivity contribution in [2.24, 2.45) is 11.8 Å². The largest absolute Gasteiger partial charge is 0.390 e. The molecule has 0 bridgehead atoms. The van der Waals surface area contributed by atoms with Crippen molar-refractivity contribution in [3.8, 4) is 0 Å². The third-order valence-corrected chi connectivity index (χ3v) is 12.5.